The lowest BCUT2D eigenvalue weighted by Crippen LogP contribution is -2.40. The molecule has 0 N–H and O–H groups in total. The van der Waals surface area contributed by atoms with Crippen molar-refractivity contribution in [1.82, 2.24) is 9.21 Å². The number of hydrogen-bond acceptors (Lipinski definition) is 4. The van der Waals surface area contributed by atoms with E-state index < -0.39 is 22.0 Å². The summed E-state index contributed by atoms with van der Waals surface area (Å²) in [4.78, 5) is 24.3. The van der Waals surface area contributed by atoms with Gasteiger partial charge in [0.15, 0.2) is 5.84 Å². The summed E-state index contributed by atoms with van der Waals surface area (Å²) in [6.45, 7) is 0.764. The fourth-order valence-corrected chi connectivity index (χ4v) is 6.20. The number of hydrogen-bond donors (Lipinski definition) is 0. The van der Waals surface area contributed by atoms with Crippen molar-refractivity contribution in [2.45, 2.75) is 30.3 Å². The molecule has 0 bridgehead atoms. The van der Waals surface area contributed by atoms with Gasteiger partial charge in [0.05, 0.1) is 9.93 Å². The van der Waals surface area contributed by atoms with Gasteiger partial charge in [0.2, 0.25) is 10.0 Å². The maximum absolute atomic E-state index is 13.3. The van der Waals surface area contributed by atoms with Crippen LogP contribution in [0.4, 0.5) is 0 Å². The van der Waals surface area contributed by atoms with Crippen LogP contribution in [-0.2, 0) is 21.4 Å². The van der Waals surface area contributed by atoms with Crippen LogP contribution in [0.5, 0.6) is 0 Å². The Balaban J connectivity index is 1.51. The molecule has 3 aliphatic heterocycles. The van der Waals surface area contributed by atoms with E-state index in [1.807, 2.05) is 29.2 Å². The molecule has 5 rings (SSSR count). The summed E-state index contributed by atoms with van der Waals surface area (Å²) in [5, 5.41) is 1.01. The van der Waals surface area contributed by atoms with E-state index in [4.69, 9.17) is 23.2 Å². The zero-order valence-electron chi connectivity index (χ0n) is 17.9. The molecule has 0 spiro atoms. The smallest absolute Gasteiger partial charge is 0.266 e. The van der Waals surface area contributed by atoms with E-state index in [2.05, 4.69) is 9.98 Å². The van der Waals surface area contributed by atoms with Crippen LogP contribution in [-0.4, -0.2) is 47.8 Å². The van der Waals surface area contributed by atoms with Crippen molar-refractivity contribution in [3.63, 3.8) is 0 Å². The van der Waals surface area contributed by atoms with Gasteiger partial charge in [0.25, 0.3) is 5.91 Å². The summed E-state index contributed by atoms with van der Waals surface area (Å²) in [7, 11) is -3.88. The van der Waals surface area contributed by atoms with Crippen LogP contribution in [0.1, 0.15) is 24.0 Å². The predicted octanol–water partition coefficient (Wildman–Crippen LogP) is 4.33. The number of amides is 1. The Morgan fingerprint density at radius 3 is 2.62 bits per heavy atom. The predicted molar refractivity (Wildman–Crippen MR) is 132 cm³/mol. The Hall–Kier alpha value is -2.78. The number of carbonyl (C=O) groups excluding carboxylic acids is 1. The highest BCUT2D eigenvalue weighted by molar-refractivity contribution is 7.89. The quantitative estimate of drug-likeness (QED) is 0.610. The van der Waals surface area contributed by atoms with E-state index in [0.29, 0.717) is 35.3 Å². The first-order valence-corrected chi connectivity index (χ1v) is 12.9. The second-order valence-electron chi connectivity index (χ2n) is 8.10. The lowest BCUT2D eigenvalue weighted by atomic mass is 10.1. The van der Waals surface area contributed by atoms with Crippen LogP contribution in [0.3, 0.4) is 0 Å². The van der Waals surface area contributed by atoms with Gasteiger partial charge in [-0.1, -0.05) is 47.5 Å². The molecular formula is C24H20Cl2N4O3S. The highest BCUT2D eigenvalue weighted by atomic mass is 35.5. The van der Waals surface area contributed by atoms with Crippen LogP contribution < -0.4 is 0 Å². The molecule has 1 saturated heterocycles. The molecule has 1 fully saturated rings. The molecule has 0 aliphatic carbocycles. The van der Waals surface area contributed by atoms with E-state index >= 15 is 0 Å². The number of allylic oxidation sites excluding steroid dienone is 2. The molecule has 1 amide bonds. The van der Waals surface area contributed by atoms with Gasteiger partial charge in [-0.05, 0) is 54.8 Å². The number of aliphatic imine (C=N–C) groups is 2. The summed E-state index contributed by atoms with van der Waals surface area (Å²) in [5.74, 6) is 0.320. The van der Waals surface area contributed by atoms with Gasteiger partial charge in [0.1, 0.15) is 11.9 Å². The van der Waals surface area contributed by atoms with Crippen LogP contribution in [0.25, 0.3) is 0 Å². The number of fused-ring (bicyclic) bond motifs is 2. The Morgan fingerprint density at radius 2 is 1.82 bits per heavy atom. The average Bonchev–Trinajstić information content (AvgIpc) is 3.27. The van der Waals surface area contributed by atoms with Gasteiger partial charge >= 0.3 is 0 Å². The lowest BCUT2D eigenvalue weighted by molar-refractivity contribution is -0.120. The first kappa shape index (κ1) is 23.0. The molecule has 7 nitrogen and oxygen atoms in total. The molecule has 10 heteroatoms. The molecule has 0 aromatic heterocycles. The van der Waals surface area contributed by atoms with Crippen molar-refractivity contribution in [3.8, 4) is 0 Å². The second kappa shape index (κ2) is 9.11. The summed E-state index contributed by atoms with van der Waals surface area (Å²) >= 11 is 12.1. The summed E-state index contributed by atoms with van der Waals surface area (Å²) in [6, 6.07) is 12.6. The third kappa shape index (κ3) is 4.34. The van der Waals surface area contributed by atoms with Gasteiger partial charge < -0.3 is 4.90 Å². The van der Waals surface area contributed by atoms with E-state index in [1.54, 1.807) is 18.4 Å². The van der Waals surface area contributed by atoms with Crippen LogP contribution in [0.2, 0.25) is 5.02 Å². The first-order chi connectivity index (χ1) is 16.3. The van der Waals surface area contributed by atoms with Crippen LogP contribution in [0.15, 0.2) is 86.8 Å². The van der Waals surface area contributed by atoms with Gasteiger partial charge in [-0.25, -0.2) is 13.4 Å². The van der Waals surface area contributed by atoms with E-state index in [9.17, 15) is 13.2 Å². The number of nitrogens with zero attached hydrogens (tertiary/aromatic N) is 4. The lowest BCUT2D eigenvalue weighted by Gasteiger charge is -2.22. The number of halogens is 2. The highest BCUT2D eigenvalue weighted by Gasteiger charge is 2.39. The number of amidine groups is 2. The summed E-state index contributed by atoms with van der Waals surface area (Å²) in [5.41, 5.74) is 1.65. The van der Waals surface area contributed by atoms with Crippen molar-refractivity contribution >= 4 is 50.8 Å². The molecular weight excluding hydrogens is 495 g/mol. The minimum Gasteiger partial charge on any atom is -0.327 e. The molecule has 0 unspecified atom stereocenters. The molecule has 2 aromatic rings. The molecule has 0 saturated carbocycles. The van der Waals surface area contributed by atoms with Crippen molar-refractivity contribution in [2.75, 3.05) is 6.54 Å². The molecule has 34 heavy (non-hydrogen) atoms. The minimum atomic E-state index is -3.88. The Kier molecular flexibility index (Phi) is 6.16. The Labute approximate surface area is 207 Å². The highest BCUT2D eigenvalue weighted by Crippen LogP contribution is 2.29. The third-order valence-corrected chi connectivity index (χ3v) is 8.31. The maximum Gasteiger partial charge on any atom is 0.266 e. The molecule has 2 aromatic carbocycles. The van der Waals surface area contributed by atoms with Crippen molar-refractivity contribution in [2.24, 2.45) is 9.98 Å². The van der Waals surface area contributed by atoms with Gasteiger partial charge in [-0.2, -0.15) is 9.30 Å². The maximum atomic E-state index is 13.3. The van der Waals surface area contributed by atoms with Crippen molar-refractivity contribution in [3.05, 3.63) is 88.1 Å². The third-order valence-electron chi connectivity index (χ3n) is 5.91. The number of benzene rings is 2. The normalized spacial score (nSPS) is 21.5. The molecule has 0 radical (unpaired) electrons. The fraction of sp³-hybridized carbons (Fsp3) is 0.208. The largest absolute Gasteiger partial charge is 0.327 e. The first-order valence-electron chi connectivity index (χ1n) is 10.7. The molecule has 1 atom stereocenters. The molecule has 3 aliphatic rings. The average molecular weight is 515 g/mol. The molecule has 3 heterocycles. The van der Waals surface area contributed by atoms with Crippen LogP contribution >= 0.6 is 23.2 Å². The minimum absolute atomic E-state index is 0.0935. The summed E-state index contributed by atoms with van der Waals surface area (Å²) in [6.07, 6.45) is 6.23. The van der Waals surface area contributed by atoms with E-state index in [1.165, 1.54) is 28.6 Å². The van der Waals surface area contributed by atoms with Crippen molar-refractivity contribution in [1.29, 1.82) is 0 Å². The van der Waals surface area contributed by atoms with Gasteiger partial charge in [0, 0.05) is 29.9 Å². The molecule has 174 valence electrons. The van der Waals surface area contributed by atoms with Gasteiger partial charge in [-0.3, -0.25) is 4.79 Å². The topological polar surface area (TPSA) is 82.4 Å². The van der Waals surface area contributed by atoms with E-state index in [0.717, 1.165) is 11.1 Å². The van der Waals surface area contributed by atoms with Crippen LogP contribution in [0, 0.1) is 0 Å². The zero-order valence-corrected chi connectivity index (χ0v) is 20.3. The summed E-state index contributed by atoms with van der Waals surface area (Å²) < 4.78 is 27.7. The SMILES string of the molecule is O=C(N=C1N=C2C=CC(Cl)=CN2Cc2ccccc21)[C@@H]1CCCN1S(=O)(=O)c1ccc(Cl)cc1. The fourth-order valence-electron chi connectivity index (χ4n) is 4.25. The van der Waals surface area contributed by atoms with Crippen molar-refractivity contribution < 1.29 is 13.2 Å². The number of rotatable bonds is 3. The number of sulfonamides is 1. The van der Waals surface area contributed by atoms with E-state index in [-0.39, 0.29) is 17.3 Å². The Bertz CT molecular complexity index is 1380. The second-order valence-corrected chi connectivity index (χ2v) is 10.9. The zero-order chi connectivity index (χ0) is 23.9. The Morgan fingerprint density at radius 1 is 1.06 bits per heavy atom. The van der Waals surface area contributed by atoms with Gasteiger partial charge in [-0.15, -0.1) is 0 Å². The monoisotopic (exact) mass is 514 g/mol. The standard InChI is InChI=1S/C24H20Cl2N4O3S/c25-17-7-10-19(11-8-17)34(32,33)30-13-3-6-21(30)24(31)28-23-20-5-2-1-4-16(20)14-29-15-18(26)9-12-22(29)27-23/h1-2,4-5,7-12,15,21H,3,6,13-14H2/t21-/m0/s1. The number of carbonyl (C=O) groups is 1.